The minimum atomic E-state index is -0.625. The number of hydrogen-bond acceptors (Lipinski definition) is 5. The SMILES string of the molecule is COc1ccccc1OCC(=O)Nc1ccc2c(c1)OCC(C)(C)C(=O)N2C. The van der Waals surface area contributed by atoms with E-state index in [1.54, 1.807) is 55.5 Å². The van der Waals surface area contributed by atoms with Crippen LogP contribution in [0.25, 0.3) is 0 Å². The van der Waals surface area contributed by atoms with Crippen molar-refractivity contribution in [2.75, 3.05) is 37.6 Å². The van der Waals surface area contributed by atoms with Gasteiger partial charge in [0.1, 0.15) is 12.4 Å². The molecule has 2 amide bonds. The number of methoxy groups -OCH3 is 1. The first-order valence-corrected chi connectivity index (χ1v) is 8.92. The highest BCUT2D eigenvalue weighted by molar-refractivity contribution is 5.99. The zero-order valence-corrected chi connectivity index (χ0v) is 16.4. The average molecular weight is 384 g/mol. The number of carbonyl (C=O) groups excluding carboxylic acids is 2. The molecule has 1 aliphatic heterocycles. The Bertz CT molecular complexity index is 894. The predicted molar refractivity (Wildman–Crippen MR) is 106 cm³/mol. The molecule has 0 atom stereocenters. The Morgan fingerprint density at radius 3 is 2.64 bits per heavy atom. The molecule has 0 saturated heterocycles. The van der Waals surface area contributed by atoms with Crippen LogP contribution in [0.2, 0.25) is 0 Å². The van der Waals surface area contributed by atoms with E-state index in [0.717, 1.165) is 0 Å². The first kappa shape index (κ1) is 19.5. The summed E-state index contributed by atoms with van der Waals surface area (Å²) in [6.45, 7) is 3.78. The van der Waals surface area contributed by atoms with E-state index in [2.05, 4.69) is 5.32 Å². The van der Waals surface area contributed by atoms with Crippen molar-refractivity contribution in [2.45, 2.75) is 13.8 Å². The first-order valence-electron chi connectivity index (χ1n) is 8.92. The summed E-state index contributed by atoms with van der Waals surface area (Å²) in [4.78, 5) is 26.4. The van der Waals surface area contributed by atoms with E-state index < -0.39 is 5.41 Å². The van der Waals surface area contributed by atoms with Crippen LogP contribution in [-0.4, -0.2) is 39.2 Å². The van der Waals surface area contributed by atoms with E-state index in [1.807, 2.05) is 19.9 Å². The molecule has 148 valence electrons. The zero-order valence-electron chi connectivity index (χ0n) is 16.4. The van der Waals surface area contributed by atoms with Gasteiger partial charge in [0, 0.05) is 18.8 Å². The van der Waals surface area contributed by atoms with Crippen molar-refractivity contribution in [3.05, 3.63) is 42.5 Å². The van der Waals surface area contributed by atoms with Gasteiger partial charge in [-0.05, 0) is 38.1 Å². The summed E-state index contributed by atoms with van der Waals surface area (Å²) in [5.74, 6) is 1.26. The van der Waals surface area contributed by atoms with Gasteiger partial charge < -0.3 is 24.4 Å². The van der Waals surface area contributed by atoms with Crippen LogP contribution in [0.5, 0.6) is 17.2 Å². The lowest BCUT2D eigenvalue weighted by molar-refractivity contribution is -0.127. The largest absolute Gasteiger partial charge is 0.493 e. The van der Waals surface area contributed by atoms with Crippen LogP contribution in [0.4, 0.5) is 11.4 Å². The van der Waals surface area contributed by atoms with Crippen LogP contribution < -0.4 is 24.4 Å². The molecule has 3 rings (SSSR count). The molecular formula is C21H24N2O5. The molecule has 0 unspecified atom stereocenters. The third kappa shape index (κ3) is 4.03. The van der Waals surface area contributed by atoms with Gasteiger partial charge in [0.2, 0.25) is 5.91 Å². The molecule has 1 heterocycles. The molecule has 0 aromatic heterocycles. The van der Waals surface area contributed by atoms with E-state index in [4.69, 9.17) is 14.2 Å². The van der Waals surface area contributed by atoms with Crippen LogP contribution in [0.15, 0.2) is 42.5 Å². The van der Waals surface area contributed by atoms with Crippen molar-refractivity contribution in [3.63, 3.8) is 0 Å². The Labute approximate surface area is 164 Å². The van der Waals surface area contributed by atoms with Crippen molar-refractivity contribution >= 4 is 23.2 Å². The molecule has 0 radical (unpaired) electrons. The first-order chi connectivity index (χ1) is 13.3. The molecule has 1 aliphatic rings. The minimum absolute atomic E-state index is 0.0201. The van der Waals surface area contributed by atoms with Crippen LogP contribution >= 0.6 is 0 Å². The number of nitrogens with zero attached hydrogens (tertiary/aromatic N) is 1. The number of amides is 2. The van der Waals surface area contributed by atoms with Gasteiger partial charge in [-0.2, -0.15) is 0 Å². The van der Waals surface area contributed by atoms with Crippen LogP contribution in [0.1, 0.15) is 13.8 Å². The molecular weight excluding hydrogens is 360 g/mol. The predicted octanol–water partition coefficient (Wildman–Crippen LogP) is 3.09. The fourth-order valence-electron chi connectivity index (χ4n) is 2.95. The Hall–Kier alpha value is -3.22. The number of ether oxygens (including phenoxy) is 3. The molecule has 0 spiro atoms. The lowest BCUT2D eigenvalue weighted by atomic mass is 9.93. The monoisotopic (exact) mass is 384 g/mol. The number of rotatable bonds is 5. The van der Waals surface area contributed by atoms with Crippen LogP contribution in [-0.2, 0) is 9.59 Å². The molecule has 0 bridgehead atoms. The Morgan fingerprint density at radius 1 is 1.21 bits per heavy atom. The molecule has 2 aromatic rings. The highest BCUT2D eigenvalue weighted by Gasteiger charge is 2.36. The van der Waals surface area contributed by atoms with Gasteiger partial charge in [0.05, 0.1) is 18.2 Å². The fraction of sp³-hybridized carbons (Fsp3) is 0.333. The summed E-state index contributed by atoms with van der Waals surface area (Å²) in [7, 11) is 3.26. The molecule has 28 heavy (non-hydrogen) atoms. The number of para-hydroxylation sites is 2. The second kappa shape index (κ2) is 7.80. The van der Waals surface area contributed by atoms with E-state index in [0.29, 0.717) is 28.6 Å². The van der Waals surface area contributed by atoms with Crippen molar-refractivity contribution in [1.82, 2.24) is 0 Å². The smallest absolute Gasteiger partial charge is 0.262 e. The van der Waals surface area contributed by atoms with Crippen molar-refractivity contribution in [1.29, 1.82) is 0 Å². The topological polar surface area (TPSA) is 77.1 Å². The van der Waals surface area contributed by atoms with Gasteiger partial charge in [-0.25, -0.2) is 0 Å². The maximum absolute atomic E-state index is 12.5. The van der Waals surface area contributed by atoms with Gasteiger partial charge >= 0.3 is 0 Å². The number of nitrogens with one attached hydrogen (secondary N) is 1. The number of fused-ring (bicyclic) bond motifs is 1. The molecule has 0 aliphatic carbocycles. The van der Waals surface area contributed by atoms with Crippen molar-refractivity contribution in [2.24, 2.45) is 5.41 Å². The summed E-state index contributed by atoms with van der Waals surface area (Å²) >= 11 is 0. The number of hydrogen-bond donors (Lipinski definition) is 1. The Kier molecular flexibility index (Phi) is 5.44. The van der Waals surface area contributed by atoms with Gasteiger partial charge in [-0.15, -0.1) is 0 Å². The second-order valence-electron chi connectivity index (χ2n) is 7.21. The average Bonchev–Trinajstić information content (AvgIpc) is 2.77. The lowest BCUT2D eigenvalue weighted by Crippen LogP contribution is -2.39. The third-order valence-electron chi connectivity index (χ3n) is 4.50. The number of benzene rings is 2. The molecule has 7 heteroatoms. The van der Waals surface area contributed by atoms with Crippen LogP contribution in [0, 0.1) is 5.41 Å². The zero-order chi connectivity index (χ0) is 20.3. The Morgan fingerprint density at radius 2 is 1.93 bits per heavy atom. The normalized spacial score (nSPS) is 15.1. The third-order valence-corrected chi connectivity index (χ3v) is 4.50. The highest BCUT2D eigenvalue weighted by atomic mass is 16.5. The van der Waals surface area contributed by atoms with Gasteiger partial charge in [0.25, 0.3) is 5.91 Å². The summed E-state index contributed by atoms with van der Waals surface area (Å²) < 4.78 is 16.6. The quantitative estimate of drug-likeness (QED) is 0.857. The second-order valence-corrected chi connectivity index (χ2v) is 7.21. The van der Waals surface area contributed by atoms with Gasteiger partial charge in [-0.1, -0.05) is 12.1 Å². The van der Waals surface area contributed by atoms with Crippen molar-refractivity contribution < 1.29 is 23.8 Å². The molecule has 1 N–H and O–H groups in total. The fourth-order valence-corrected chi connectivity index (χ4v) is 2.95. The van der Waals surface area contributed by atoms with Crippen molar-refractivity contribution in [3.8, 4) is 17.2 Å². The van der Waals surface area contributed by atoms with E-state index in [9.17, 15) is 9.59 Å². The van der Waals surface area contributed by atoms with Crippen LogP contribution in [0.3, 0.4) is 0 Å². The summed E-state index contributed by atoms with van der Waals surface area (Å²) in [6.07, 6.45) is 0. The Balaban J connectivity index is 1.68. The lowest BCUT2D eigenvalue weighted by Gasteiger charge is -2.24. The molecule has 7 nitrogen and oxygen atoms in total. The maximum Gasteiger partial charge on any atom is 0.262 e. The summed E-state index contributed by atoms with van der Waals surface area (Å²) in [6, 6.07) is 12.3. The molecule has 2 aromatic carbocycles. The standard InChI is InChI=1S/C21H24N2O5/c1-21(2)13-28-18-11-14(9-10-15(18)23(3)20(21)25)22-19(24)12-27-17-8-6-5-7-16(17)26-4/h5-11H,12-13H2,1-4H3,(H,22,24). The minimum Gasteiger partial charge on any atom is -0.493 e. The number of carbonyl (C=O) groups is 2. The van der Waals surface area contributed by atoms with E-state index in [1.165, 1.54) is 0 Å². The number of anilines is 2. The highest BCUT2D eigenvalue weighted by Crippen LogP contribution is 2.37. The summed E-state index contributed by atoms with van der Waals surface area (Å²) in [5, 5.41) is 2.78. The van der Waals surface area contributed by atoms with Gasteiger partial charge in [-0.3, -0.25) is 9.59 Å². The van der Waals surface area contributed by atoms with Gasteiger partial charge in [0.15, 0.2) is 18.1 Å². The van der Waals surface area contributed by atoms with E-state index in [-0.39, 0.29) is 25.0 Å². The molecule has 0 saturated carbocycles. The van der Waals surface area contributed by atoms with E-state index >= 15 is 0 Å². The maximum atomic E-state index is 12.5. The molecule has 0 fully saturated rings. The summed E-state index contributed by atoms with van der Waals surface area (Å²) in [5.41, 5.74) is 0.603.